The molecule has 2 rings (SSSR count). The van der Waals surface area contributed by atoms with E-state index in [9.17, 15) is 0 Å². The highest BCUT2D eigenvalue weighted by molar-refractivity contribution is 7.99. The minimum Gasteiger partial charge on any atom is -0.313 e. The number of pyridine rings is 1. The van der Waals surface area contributed by atoms with Gasteiger partial charge in [0.2, 0.25) is 0 Å². The van der Waals surface area contributed by atoms with Crippen molar-refractivity contribution < 1.29 is 0 Å². The summed E-state index contributed by atoms with van der Waals surface area (Å²) < 4.78 is 1.90. The first-order chi connectivity index (χ1) is 9.63. The zero-order valence-corrected chi connectivity index (χ0v) is 13.6. The minimum absolute atomic E-state index is 0.670. The third-order valence-electron chi connectivity index (χ3n) is 2.94. The molecule has 1 N–H and O–H groups in total. The van der Waals surface area contributed by atoms with Crippen molar-refractivity contribution in [3.05, 3.63) is 34.6 Å². The molecule has 2 aromatic heterocycles. The monoisotopic (exact) mass is 310 g/mol. The van der Waals surface area contributed by atoms with Gasteiger partial charge in [0.05, 0.1) is 10.7 Å². The molecule has 0 aliphatic heterocycles. The van der Waals surface area contributed by atoms with Gasteiger partial charge in [-0.15, -0.1) is 0 Å². The van der Waals surface area contributed by atoms with Crippen LogP contribution < -0.4 is 5.32 Å². The Morgan fingerprint density at radius 1 is 1.45 bits per heavy atom. The van der Waals surface area contributed by atoms with E-state index in [2.05, 4.69) is 22.3 Å². The summed E-state index contributed by atoms with van der Waals surface area (Å²) in [6.07, 6.45) is 2.88. The molecular formula is C14H19ClN4S. The maximum absolute atomic E-state index is 6.18. The van der Waals surface area contributed by atoms with E-state index in [-0.39, 0.29) is 0 Å². The molecule has 108 valence electrons. The number of nitrogens with one attached hydrogen (secondary N) is 1. The minimum atomic E-state index is 0.670. The summed E-state index contributed by atoms with van der Waals surface area (Å²) in [5, 5.41) is 10.5. The van der Waals surface area contributed by atoms with E-state index >= 15 is 0 Å². The summed E-state index contributed by atoms with van der Waals surface area (Å²) in [6, 6.07) is 3.69. The van der Waals surface area contributed by atoms with Gasteiger partial charge in [0.1, 0.15) is 10.1 Å². The highest BCUT2D eigenvalue weighted by Crippen LogP contribution is 2.34. The van der Waals surface area contributed by atoms with E-state index in [4.69, 9.17) is 11.6 Å². The van der Waals surface area contributed by atoms with E-state index < -0.39 is 0 Å². The normalized spacial score (nSPS) is 11.0. The molecule has 0 spiro atoms. The Bertz CT molecular complexity index is 583. The summed E-state index contributed by atoms with van der Waals surface area (Å²) >= 11 is 7.75. The quantitative estimate of drug-likeness (QED) is 0.830. The van der Waals surface area contributed by atoms with Gasteiger partial charge in [0.15, 0.2) is 0 Å². The molecule has 0 bridgehead atoms. The lowest BCUT2D eigenvalue weighted by Gasteiger charge is -2.08. The molecule has 0 aliphatic carbocycles. The van der Waals surface area contributed by atoms with Crippen LogP contribution in [0, 0.1) is 6.92 Å². The lowest BCUT2D eigenvalue weighted by atomic mass is 10.2. The van der Waals surface area contributed by atoms with Gasteiger partial charge in [-0.25, -0.2) is 4.98 Å². The van der Waals surface area contributed by atoms with Crippen LogP contribution in [0.1, 0.15) is 24.6 Å². The van der Waals surface area contributed by atoms with Gasteiger partial charge in [-0.3, -0.25) is 4.68 Å². The molecule has 0 fully saturated rings. The van der Waals surface area contributed by atoms with E-state index in [0.717, 1.165) is 35.3 Å². The van der Waals surface area contributed by atoms with Gasteiger partial charge >= 0.3 is 0 Å². The van der Waals surface area contributed by atoms with Crippen molar-refractivity contribution in [3.63, 3.8) is 0 Å². The second kappa shape index (κ2) is 7.11. The fraction of sp³-hybridized carbons (Fsp3) is 0.429. The molecule has 0 aromatic carbocycles. The molecule has 0 atom stereocenters. The van der Waals surface area contributed by atoms with Crippen LogP contribution in [0.5, 0.6) is 0 Å². The smallest absolute Gasteiger partial charge is 0.121 e. The lowest BCUT2D eigenvalue weighted by molar-refractivity contribution is 0.652. The van der Waals surface area contributed by atoms with Crippen molar-refractivity contribution in [2.75, 3.05) is 6.54 Å². The second-order valence-electron chi connectivity index (χ2n) is 4.56. The summed E-state index contributed by atoms with van der Waals surface area (Å²) in [5.41, 5.74) is 2.26. The van der Waals surface area contributed by atoms with E-state index in [1.165, 1.54) is 5.56 Å². The first kappa shape index (κ1) is 15.4. The Morgan fingerprint density at radius 3 is 2.95 bits per heavy atom. The largest absolute Gasteiger partial charge is 0.313 e. The Balaban J connectivity index is 2.24. The first-order valence-corrected chi connectivity index (χ1v) is 7.84. The molecule has 2 aromatic rings. The van der Waals surface area contributed by atoms with Crippen molar-refractivity contribution in [3.8, 4) is 0 Å². The third kappa shape index (κ3) is 3.53. The Morgan fingerprint density at radius 2 is 2.25 bits per heavy atom. The van der Waals surface area contributed by atoms with Crippen LogP contribution >= 0.6 is 23.4 Å². The van der Waals surface area contributed by atoms with Gasteiger partial charge in [0.25, 0.3) is 0 Å². The predicted molar refractivity (Wildman–Crippen MR) is 83.3 cm³/mol. The average molecular weight is 311 g/mol. The Kier molecular flexibility index (Phi) is 5.46. The fourth-order valence-electron chi connectivity index (χ4n) is 1.94. The lowest BCUT2D eigenvalue weighted by Crippen LogP contribution is -2.14. The molecule has 6 heteroatoms. The highest BCUT2D eigenvalue weighted by atomic mass is 35.5. The molecule has 0 unspecified atom stereocenters. The topological polar surface area (TPSA) is 42.7 Å². The van der Waals surface area contributed by atoms with Crippen LogP contribution in [0.4, 0.5) is 0 Å². The SMILES string of the molecule is CCCNCc1c(C)nn(C)c1Sc1ncccc1Cl. The molecule has 0 amide bonds. The standard InChI is InChI=1S/C14H19ClN4S/c1-4-7-16-9-11-10(2)18-19(3)14(11)20-13-12(15)6-5-8-17-13/h5-6,8,16H,4,7,9H2,1-3H3. The predicted octanol–water partition coefficient (Wildman–Crippen LogP) is 3.43. The van der Waals surface area contributed by atoms with Crippen LogP contribution in [0.3, 0.4) is 0 Å². The number of aryl methyl sites for hydroxylation is 2. The van der Waals surface area contributed by atoms with Gasteiger partial charge < -0.3 is 5.32 Å². The maximum atomic E-state index is 6.18. The average Bonchev–Trinajstić information content (AvgIpc) is 2.68. The van der Waals surface area contributed by atoms with Crippen molar-refractivity contribution in [1.29, 1.82) is 0 Å². The molecule has 0 aliphatic rings. The Labute approximate surface area is 128 Å². The number of rotatable bonds is 6. The first-order valence-electron chi connectivity index (χ1n) is 6.65. The molecule has 2 heterocycles. The maximum Gasteiger partial charge on any atom is 0.121 e. The molecule has 0 saturated carbocycles. The van der Waals surface area contributed by atoms with Crippen molar-refractivity contribution in [2.45, 2.75) is 36.9 Å². The summed E-state index contributed by atoms with van der Waals surface area (Å²) in [7, 11) is 1.95. The number of halogens is 1. The molecule has 0 radical (unpaired) electrons. The number of hydrogen-bond donors (Lipinski definition) is 1. The van der Waals surface area contributed by atoms with Crippen LogP contribution in [-0.2, 0) is 13.6 Å². The third-order valence-corrected chi connectivity index (χ3v) is 4.58. The fourth-order valence-corrected chi connectivity index (χ4v) is 3.16. The molecular weight excluding hydrogens is 292 g/mol. The molecule has 20 heavy (non-hydrogen) atoms. The summed E-state index contributed by atoms with van der Waals surface area (Å²) in [4.78, 5) is 4.33. The zero-order chi connectivity index (χ0) is 14.5. The number of hydrogen-bond acceptors (Lipinski definition) is 4. The molecule has 0 saturated heterocycles. The van der Waals surface area contributed by atoms with Crippen LogP contribution in [0.15, 0.2) is 28.4 Å². The molecule has 4 nitrogen and oxygen atoms in total. The zero-order valence-electron chi connectivity index (χ0n) is 12.0. The number of aromatic nitrogens is 3. The second-order valence-corrected chi connectivity index (χ2v) is 5.95. The van der Waals surface area contributed by atoms with Crippen LogP contribution in [0.2, 0.25) is 5.02 Å². The van der Waals surface area contributed by atoms with Gasteiger partial charge in [-0.1, -0.05) is 18.5 Å². The van der Waals surface area contributed by atoms with Gasteiger partial charge in [0, 0.05) is 25.4 Å². The van der Waals surface area contributed by atoms with Crippen molar-refractivity contribution in [1.82, 2.24) is 20.1 Å². The van der Waals surface area contributed by atoms with E-state index in [0.29, 0.717) is 5.02 Å². The Hall–Kier alpha value is -1.04. The summed E-state index contributed by atoms with van der Waals surface area (Å²) in [5.74, 6) is 0. The van der Waals surface area contributed by atoms with Gasteiger partial charge in [-0.2, -0.15) is 5.10 Å². The number of nitrogens with zero attached hydrogens (tertiary/aromatic N) is 3. The van der Waals surface area contributed by atoms with Crippen molar-refractivity contribution in [2.24, 2.45) is 7.05 Å². The van der Waals surface area contributed by atoms with Gasteiger partial charge in [-0.05, 0) is 43.8 Å². The van der Waals surface area contributed by atoms with E-state index in [1.807, 2.05) is 30.8 Å². The summed E-state index contributed by atoms with van der Waals surface area (Å²) in [6.45, 7) is 6.02. The van der Waals surface area contributed by atoms with Crippen LogP contribution in [-0.4, -0.2) is 21.3 Å². The highest BCUT2D eigenvalue weighted by Gasteiger charge is 2.16. The van der Waals surface area contributed by atoms with Crippen LogP contribution in [0.25, 0.3) is 0 Å². The van der Waals surface area contributed by atoms with Crippen molar-refractivity contribution >= 4 is 23.4 Å². The van der Waals surface area contributed by atoms with E-state index in [1.54, 1.807) is 18.0 Å².